The number of nitrogens with zero attached hydrogens (tertiary/aromatic N) is 1. The maximum absolute atomic E-state index is 11.1. The first kappa shape index (κ1) is 12.6. The van der Waals surface area contributed by atoms with Crippen LogP contribution >= 0.6 is 12.2 Å². The van der Waals surface area contributed by atoms with Crippen LogP contribution in [0.1, 0.15) is 19.0 Å². The Kier molecular flexibility index (Phi) is 4.85. The van der Waals surface area contributed by atoms with E-state index in [1.807, 2.05) is 0 Å². The first-order chi connectivity index (χ1) is 7.63. The summed E-state index contributed by atoms with van der Waals surface area (Å²) in [6, 6.07) is 3.17. The van der Waals surface area contributed by atoms with Crippen molar-refractivity contribution in [3.63, 3.8) is 0 Å². The number of hydrogen-bond acceptors (Lipinski definition) is 5. The third-order valence-corrected chi connectivity index (χ3v) is 2.17. The molecule has 0 radical (unpaired) electrons. The number of thiocarbonyl (C=S) groups is 1. The Hall–Kier alpha value is -1.49. The topological polar surface area (TPSA) is 59.4 Å². The minimum Gasteiger partial charge on any atom is -0.506 e. The van der Waals surface area contributed by atoms with Crippen molar-refractivity contribution in [3.8, 4) is 5.75 Å². The number of aromatic hydroxyl groups is 1. The van der Waals surface area contributed by atoms with Gasteiger partial charge in [-0.3, -0.25) is 9.78 Å². The largest absolute Gasteiger partial charge is 0.506 e. The van der Waals surface area contributed by atoms with E-state index in [1.165, 1.54) is 6.07 Å². The summed E-state index contributed by atoms with van der Waals surface area (Å²) in [6.45, 7) is 2.09. The van der Waals surface area contributed by atoms with E-state index >= 15 is 0 Å². The SMILES string of the molecule is CCOC(=O)CC(=S)Cc1ncccc1O. The van der Waals surface area contributed by atoms with E-state index in [0.717, 1.165) is 0 Å². The fraction of sp³-hybridized carbons (Fsp3) is 0.364. The summed E-state index contributed by atoms with van der Waals surface area (Å²) in [6.07, 6.45) is 1.96. The molecule has 0 aromatic carbocycles. The molecule has 1 aromatic heterocycles. The highest BCUT2D eigenvalue weighted by Gasteiger charge is 2.10. The van der Waals surface area contributed by atoms with Crippen LogP contribution in [0.4, 0.5) is 0 Å². The van der Waals surface area contributed by atoms with E-state index in [0.29, 0.717) is 23.6 Å². The molecule has 4 nitrogen and oxygen atoms in total. The number of carbonyl (C=O) groups is 1. The van der Waals surface area contributed by atoms with Gasteiger partial charge in [-0.05, 0) is 19.1 Å². The second-order valence-corrected chi connectivity index (χ2v) is 3.74. The van der Waals surface area contributed by atoms with E-state index in [-0.39, 0.29) is 18.1 Å². The van der Waals surface area contributed by atoms with E-state index in [4.69, 9.17) is 17.0 Å². The molecule has 16 heavy (non-hydrogen) atoms. The lowest BCUT2D eigenvalue weighted by Crippen LogP contribution is -2.12. The number of esters is 1. The van der Waals surface area contributed by atoms with Gasteiger partial charge in [0.25, 0.3) is 0 Å². The third kappa shape index (κ3) is 3.94. The molecule has 0 spiro atoms. The highest BCUT2D eigenvalue weighted by Crippen LogP contribution is 2.14. The van der Waals surface area contributed by atoms with Gasteiger partial charge in [-0.1, -0.05) is 12.2 Å². The molecule has 1 heterocycles. The normalized spacial score (nSPS) is 9.81. The fourth-order valence-electron chi connectivity index (χ4n) is 1.19. The van der Waals surface area contributed by atoms with Gasteiger partial charge in [-0.15, -0.1) is 0 Å². The number of ether oxygens (including phenoxy) is 1. The van der Waals surface area contributed by atoms with Gasteiger partial charge < -0.3 is 9.84 Å². The van der Waals surface area contributed by atoms with Crippen LogP contribution in [0.2, 0.25) is 0 Å². The van der Waals surface area contributed by atoms with Gasteiger partial charge in [-0.2, -0.15) is 0 Å². The van der Waals surface area contributed by atoms with Crippen molar-refractivity contribution in [1.29, 1.82) is 0 Å². The zero-order valence-corrected chi connectivity index (χ0v) is 9.79. The van der Waals surface area contributed by atoms with Crippen molar-refractivity contribution in [2.75, 3.05) is 6.61 Å². The molecule has 0 aliphatic carbocycles. The second-order valence-electron chi connectivity index (χ2n) is 3.17. The molecular formula is C11H13NO3S. The zero-order chi connectivity index (χ0) is 12.0. The molecule has 0 fully saturated rings. The summed E-state index contributed by atoms with van der Waals surface area (Å²) in [5, 5.41) is 9.46. The number of pyridine rings is 1. The summed E-state index contributed by atoms with van der Waals surface area (Å²) in [7, 11) is 0. The van der Waals surface area contributed by atoms with Gasteiger partial charge in [0.15, 0.2) is 0 Å². The summed E-state index contributed by atoms with van der Waals surface area (Å²) in [5.74, 6) is -0.253. The molecule has 0 saturated carbocycles. The van der Waals surface area contributed by atoms with Gasteiger partial charge in [0.1, 0.15) is 5.75 Å². The van der Waals surface area contributed by atoms with Gasteiger partial charge in [-0.25, -0.2) is 0 Å². The molecule has 1 rings (SSSR count). The Labute approximate surface area is 99.3 Å². The van der Waals surface area contributed by atoms with Crippen molar-refractivity contribution in [2.24, 2.45) is 0 Å². The number of hydrogen-bond donors (Lipinski definition) is 1. The molecule has 0 aliphatic heterocycles. The zero-order valence-electron chi connectivity index (χ0n) is 8.97. The lowest BCUT2D eigenvalue weighted by molar-refractivity contribution is -0.141. The second kappa shape index (κ2) is 6.17. The Morgan fingerprint density at radius 1 is 1.62 bits per heavy atom. The lowest BCUT2D eigenvalue weighted by atomic mass is 10.1. The van der Waals surface area contributed by atoms with Crippen molar-refractivity contribution in [3.05, 3.63) is 24.0 Å². The first-order valence-corrected chi connectivity index (χ1v) is 5.34. The summed E-state index contributed by atoms with van der Waals surface area (Å²) >= 11 is 5.03. The minimum atomic E-state index is -0.345. The molecule has 5 heteroatoms. The Balaban J connectivity index is 2.52. The van der Waals surface area contributed by atoms with Crippen molar-refractivity contribution in [2.45, 2.75) is 19.8 Å². The van der Waals surface area contributed by atoms with Gasteiger partial charge >= 0.3 is 5.97 Å². The van der Waals surface area contributed by atoms with E-state index in [9.17, 15) is 9.90 Å². The smallest absolute Gasteiger partial charge is 0.310 e. The number of carbonyl (C=O) groups excluding carboxylic acids is 1. The van der Waals surface area contributed by atoms with Crippen LogP contribution in [0.25, 0.3) is 0 Å². The van der Waals surface area contributed by atoms with Crippen LogP contribution in [0.3, 0.4) is 0 Å². The molecule has 0 amide bonds. The molecule has 1 aromatic rings. The Morgan fingerprint density at radius 3 is 3.00 bits per heavy atom. The molecule has 0 atom stereocenters. The molecule has 0 unspecified atom stereocenters. The van der Waals surface area contributed by atoms with Crippen molar-refractivity contribution < 1.29 is 14.6 Å². The highest BCUT2D eigenvalue weighted by molar-refractivity contribution is 7.80. The highest BCUT2D eigenvalue weighted by atomic mass is 32.1. The summed E-state index contributed by atoms with van der Waals surface area (Å²) in [5.41, 5.74) is 0.483. The van der Waals surface area contributed by atoms with Crippen LogP contribution in [-0.4, -0.2) is 27.5 Å². The van der Waals surface area contributed by atoms with E-state index < -0.39 is 0 Å². The standard InChI is InChI=1S/C11H13NO3S/c1-2-15-11(14)7-8(16)6-9-10(13)4-3-5-12-9/h3-5,13H,2,6-7H2,1H3. The third-order valence-electron chi connectivity index (χ3n) is 1.88. The predicted octanol–water partition coefficient (Wildman–Crippen LogP) is 1.65. The monoisotopic (exact) mass is 239 g/mol. The summed E-state index contributed by atoms with van der Waals surface area (Å²) in [4.78, 5) is 15.6. The quantitative estimate of drug-likeness (QED) is 0.625. The molecule has 0 aliphatic rings. The van der Waals surface area contributed by atoms with Crippen molar-refractivity contribution >= 4 is 23.1 Å². The first-order valence-electron chi connectivity index (χ1n) is 4.93. The average molecular weight is 239 g/mol. The van der Waals surface area contributed by atoms with Crippen LogP contribution in [0, 0.1) is 0 Å². The van der Waals surface area contributed by atoms with Crippen LogP contribution in [-0.2, 0) is 16.0 Å². The van der Waals surface area contributed by atoms with Crippen LogP contribution in [0.5, 0.6) is 5.75 Å². The predicted molar refractivity (Wildman–Crippen MR) is 63.5 cm³/mol. The van der Waals surface area contributed by atoms with Gasteiger partial charge in [0.2, 0.25) is 0 Å². The molecule has 1 N–H and O–H groups in total. The Bertz CT molecular complexity index is 393. The maximum Gasteiger partial charge on any atom is 0.310 e. The molecule has 0 bridgehead atoms. The van der Waals surface area contributed by atoms with Gasteiger partial charge in [0, 0.05) is 17.5 Å². The molecule has 86 valence electrons. The van der Waals surface area contributed by atoms with Gasteiger partial charge in [0.05, 0.1) is 18.7 Å². The number of aromatic nitrogens is 1. The fourth-order valence-corrected chi connectivity index (χ4v) is 1.44. The summed E-state index contributed by atoms with van der Waals surface area (Å²) < 4.78 is 4.77. The molecular weight excluding hydrogens is 226 g/mol. The van der Waals surface area contributed by atoms with E-state index in [1.54, 1.807) is 19.2 Å². The molecule has 0 saturated heterocycles. The van der Waals surface area contributed by atoms with Crippen molar-refractivity contribution in [1.82, 2.24) is 4.98 Å². The number of rotatable bonds is 5. The van der Waals surface area contributed by atoms with E-state index in [2.05, 4.69) is 4.98 Å². The Morgan fingerprint density at radius 2 is 2.38 bits per heavy atom. The average Bonchev–Trinajstić information content (AvgIpc) is 2.21. The van der Waals surface area contributed by atoms with Crippen LogP contribution in [0.15, 0.2) is 18.3 Å². The maximum atomic E-state index is 11.1. The minimum absolute atomic E-state index is 0.0825. The van der Waals surface area contributed by atoms with Crippen LogP contribution < -0.4 is 0 Å². The lowest BCUT2D eigenvalue weighted by Gasteiger charge is -2.04.